The van der Waals surface area contributed by atoms with Crippen molar-refractivity contribution in [2.75, 3.05) is 13.2 Å². The summed E-state index contributed by atoms with van der Waals surface area (Å²) in [6.07, 6.45) is 3.20. The van der Waals surface area contributed by atoms with Crippen LogP contribution in [0.15, 0.2) is 42.5 Å². The standard InChI is InChI=1S/C23H24N2O3/c1-14-6-8-19-17(10-14)18-11-15(7-9-20(18)25-19)23(26)24-12-16-13-27-21-4-2-3-5-22(21)28-16/h2-5,7,9,11,14,16,25H,6,8,10,12-13H2,1H3,(H,24,26)/t14-,16-/m0/s1. The highest BCUT2D eigenvalue weighted by atomic mass is 16.6. The average Bonchev–Trinajstić information content (AvgIpc) is 3.09. The number of ether oxygens (including phenoxy) is 2. The highest BCUT2D eigenvalue weighted by Gasteiger charge is 2.23. The predicted molar refractivity (Wildman–Crippen MR) is 108 cm³/mol. The molecule has 3 aromatic rings. The molecule has 5 nitrogen and oxygen atoms in total. The fourth-order valence-electron chi connectivity index (χ4n) is 4.20. The summed E-state index contributed by atoms with van der Waals surface area (Å²) < 4.78 is 11.6. The SMILES string of the molecule is C[C@H]1CCc2[nH]c3ccc(C(=O)NC[C@H]4COc5ccccc5O4)cc3c2C1. The molecule has 0 radical (unpaired) electrons. The van der Waals surface area contributed by atoms with Crippen LogP contribution in [-0.4, -0.2) is 30.1 Å². The van der Waals surface area contributed by atoms with Gasteiger partial charge in [0, 0.05) is 22.2 Å². The lowest BCUT2D eigenvalue weighted by Crippen LogP contribution is -2.40. The van der Waals surface area contributed by atoms with Gasteiger partial charge in [-0.15, -0.1) is 0 Å². The zero-order valence-corrected chi connectivity index (χ0v) is 16.0. The van der Waals surface area contributed by atoms with Gasteiger partial charge in [-0.05, 0) is 61.1 Å². The van der Waals surface area contributed by atoms with E-state index in [1.54, 1.807) is 0 Å². The molecule has 0 fully saturated rings. The molecule has 1 aliphatic carbocycles. The zero-order chi connectivity index (χ0) is 19.1. The van der Waals surface area contributed by atoms with Gasteiger partial charge in [-0.2, -0.15) is 0 Å². The third kappa shape index (κ3) is 3.11. The van der Waals surface area contributed by atoms with Gasteiger partial charge in [0.25, 0.3) is 5.91 Å². The summed E-state index contributed by atoms with van der Waals surface area (Å²) >= 11 is 0. The van der Waals surface area contributed by atoms with Gasteiger partial charge in [0.2, 0.25) is 0 Å². The highest BCUT2D eigenvalue weighted by molar-refractivity contribution is 5.99. The maximum Gasteiger partial charge on any atom is 0.251 e. The van der Waals surface area contributed by atoms with Crippen LogP contribution in [0.25, 0.3) is 10.9 Å². The third-order valence-corrected chi connectivity index (χ3v) is 5.75. The number of hydrogen-bond acceptors (Lipinski definition) is 3. The first kappa shape index (κ1) is 17.2. The maximum absolute atomic E-state index is 12.7. The molecule has 5 heteroatoms. The second kappa shape index (κ2) is 6.89. The van der Waals surface area contributed by atoms with Crippen LogP contribution >= 0.6 is 0 Å². The number of benzene rings is 2. The van der Waals surface area contributed by atoms with Gasteiger partial charge >= 0.3 is 0 Å². The van der Waals surface area contributed by atoms with E-state index in [-0.39, 0.29) is 12.0 Å². The molecule has 1 aromatic heterocycles. The molecular weight excluding hydrogens is 352 g/mol. The second-order valence-corrected chi connectivity index (χ2v) is 7.90. The lowest BCUT2D eigenvalue weighted by atomic mass is 9.87. The van der Waals surface area contributed by atoms with Gasteiger partial charge in [0.15, 0.2) is 11.5 Å². The van der Waals surface area contributed by atoms with Gasteiger partial charge in [0.05, 0.1) is 6.54 Å². The van der Waals surface area contributed by atoms with Crippen molar-refractivity contribution in [3.8, 4) is 11.5 Å². The van der Waals surface area contributed by atoms with Crippen molar-refractivity contribution in [2.45, 2.75) is 32.3 Å². The van der Waals surface area contributed by atoms with E-state index in [4.69, 9.17) is 9.47 Å². The molecule has 1 aliphatic heterocycles. The van der Waals surface area contributed by atoms with Crippen molar-refractivity contribution >= 4 is 16.8 Å². The van der Waals surface area contributed by atoms with Crippen LogP contribution in [0.5, 0.6) is 11.5 Å². The number of H-pyrrole nitrogens is 1. The summed E-state index contributed by atoms with van der Waals surface area (Å²) in [5.74, 6) is 2.09. The predicted octanol–water partition coefficient (Wildman–Crippen LogP) is 3.86. The molecule has 2 aromatic carbocycles. The largest absolute Gasteiger partial charge is 0.486 e. The number of nitrogens with one attached hydrogen (secondary N) is 2. The summed E-state index contributed by atoms with van der Waals surface area (Å²) in [5, 5.41) is 4.17. The number of amides is 1. The number of aromatic nitrogens is 1. The fraction of sp³-hybridized carbons (Fsp3) is 0.348. The summed E-state index contributed by atoms with van der Waals surface area (Å²) in [6, 6.07) is 13.5. The molecular formula is C23H24N2O3. The molecule has 0 unspecified atom stereocenters. The summed E-state index contributed by atoms with van der Waals surface area (Å²) in [5.41, 5.74) is 4.52. The van der Waals surface area contributed by atoms with Crippen molar-refractivity contribution in [2.24, 2.45) is 5.92 Å². The molecule has 0 saturated carbocycles. The lowest BCUT2D eigenvalue weighted by molar-refractivity contribution is 0.0789. The van der Waals surface area contributed by atoms with Gasteiger partial charge in [0.1, 0.15) is 12.7 Å². The van der Waals surface area contributed by atoms with Gasteiger partial charge in [-0.1, -0.05) is 19.1 Å². The molecule has 0 saturated heterocycles. The minimum Gasteiger partial charge on any atom is -0.486 e. The van der Waals surface area contributed by atoms with Crippen LogP contribution in [0, 0.1) is 5.92 Å². The number of fused-ring (bicyclic) bond motifs is 4. The molecule has 5 rings (SSSR count). The van der Waals surface area contributed by atoms with Crippen LogP contribution in [0.4, 0.5) is 0 Å². The fourth-order valence-corrected chi connectivity index (χ4v) is 4.20. The minimum absolute atomic E-state index is 0.0804. The monoisotopic (exact) mass is 376 g/mol. The number of carbonyl (C=O) groups excluding carboxylic acids is 1. The van der Waals surface area contributed by atoms with Gasteiger partial charge < -0.3 is 19.8 Å². The maximum atomic E-state index is 12.7. The normalized spacial score (nSPS) is 20.6. The lowest BCUT2D eigenvalue weighted by Gasteiger charge is -2.26. The number of hydrogen-bond donors (Lipinski definition) is 2. The molecule has 28 heavy (non-hydrogen) atoms. The van der Waals surface area contributed by atoms with Crippen LogP contribution < -0.4 is 14.8 Å². The van der Waals surface area contributed by atoms with E-state index in [2.05, 4.69) is 17.2 Å². The summed E-state index contributed by atoms with van der Waals surface area (Å²) in [7, 11) is 0. The first-order chi connectivity index (χ1) is 13.7. The third-order valence-electron chi connectivity index (χ3n) is 5.75. The van der Waals surface area contributed by atoms with Gasteiger partial charge in [-0.3, -0.25) is 4.79 Å². The van der Waals surface area contributed by atoms with Crippen LogP contribution in [-0.2, 0) is 12.8 Å². The Bertz CT molecular complexity index is 1040. The van der Waals surface area contributed by atoms with Crippen molar-refractivity contribution in [1.29, 1.82) is 0 Å². The smallest absolute Gasteiger partial charge is 0.251 e. The zero-order valence-electron chi connectivity index (χ0n) is 16.0. The van der Waals surface area contributed by atoms with Crippen molar-refractivity contribution < 1.29 is 14.3 Å². The number of rotatable bonds is 3. The van der Waals surface area contributed by atoms with E-state index < -0.39 is 0 Å². The van der Waals surface area contributed by atoms with E-state index in [1.807, 2.05) is 42.5 Å². The molecule has 2 N–H and O–H groups in total. The van der Waals surface area contributed by atoms with E-state index >= 15 is 0 Å². The molecule has 2 atom stereocenters. The van der Waals surface area contributed by atoms with E-state index in [1.165, 1.54) is 23.1 Å². The van der Waals surface area contributed by atoms with Crippen molar-refractivity contribution in [3.63, 3.8) is 0 Å². The average molecular weight is 376 g/mol. The Morgan fingerprint density at radius 3 is 2.96 bits per heavy atom. The van der Waals surface area contributed by atoms with Gasteiger partial charge in [-0.25, -0.2) is 0 Å². The topological polar surface area (TPSA) is 63.4 Å². The quantitative estimate of drug-likeness (QED) is 0.730. The molecule has 0 spiro atoms. The summed E-state index contributed by atoms with van der Waals surface area (Å²) in [6.45, 7) is 3.13. The Balaban J connectivity index is 1.29. The number of aryl methyl sites for hydroxylation is 1. The second-order valence-electron chi connectivity index (χ2n) is 7.90. The highest BCUT2D eigenvalue weighted by Crippen LogP contribution is 2.32. The number of carbonyl (C=O) groups is 1. The Morgan fingerprint density at radius 2 is 2.07 bits per heavy atom. The first-order valence-corrected chi connectivity index (χ1v) is 9.97. The molecule has 144 valence electrons. The Hall–Kier alpha value is -2.95. The van der Waals surface area contributed by atoms with Crippen molar-refractivity contribution in [3.05, 3.63) is 59.3 Å². The van der Waals surface area contributed by atoms with Crippen LogP contribution in [0.2, 0.25) is 0 Å². The Labute approximate surface area is 164 Å². The number of para-hydroxylation sites is 2. The molecule has 1 amide bonds. The number of aromatic amines is 1. The molecule has 2 heterocycles. The van der Waals surface area contributed by atoms with E-state index in [9.17, 15) is 4.79 Å². The first-order valence-electron chi connectivity index (χ1n) is 9.97. The van der Waals surface area contributed by atoms with Crippen LogP contribution in [0.3, 0.4) is 0 Å². The molecule has 0 bridgehead atoms. The van der Waals surface area contributed by atoms with Crippen LogP contribution in [0.1, 0.15) is 35.0 Å². The minimum atomic E-state index is -0.191. The Morgan fingerprint density at radius 1 is 1.21 bits per heavy atom. The van der Waals surface area contributed by atoms with E-state index in [0.717, 1.165) is 29.9 Å². The van der Waals surface area contributed by atoms with Crippen molar-refractivity contribution in [1.82, 2.24) is 10.3 Å². The molecule has 2 aliphatic rings. The van der Waals surface area contributed by atoms with E-state index in [0.29, 0.717) is 24.6 Å². The summed E-state index contributed by atoms with van der Waals surface area (Å²) in [4.78, 5) is 16.2. The Kier molecular flexibility index (Phi) is 4.23.